The first-order valence-electron chi connectivity index (χ1n) is 6.85. The molecule has 5 atom stereocenters. The third-order valence-electron chi connectivity index (χ3n) is 4.75. The van der Waals surface area contributed by atoms with Crippen LogP contribution in [0.5, 0.6) is 0 Å². The maximum atomic E-state index is 12.1. The van der Waals surface area contributed by atoms with Gasteiger partial charge in [0.15, 0.2) is 6.10 Å². The molecule has 5 unspecified atom stereocenters. The van der Waals surface area contributed by atoms with Gasteiger partial charge in [-0.1, -0.05) is 0 Å². The summed E-state index contributed by atoms with van der Waals surface area (Å²) < 4.78 is 10.7. The number of ether oxygens (including phenoxy) is 2. The van der Waals surface area contributed by atoms with Crippen LogP contribution in [-0.2, 0) is 23.9 Å². The standard InChI is InChI=1S/C14H18O6/c1-13(2,3)12(18)19-9-6-4-7-8(5-6)14(9,11(16)17)20-10(7)15/h6-9H,4-5H2,1-3H3,(H,16,17). The summed E-state index contributed by atoms with van der Waals surface area (Å²) in [5.74, 6) is -2.94. The summed E-state index contributed by atoms with van der Waals surface area (Å²) in [6.07, 6.45) is 0.269. The van der Waals surface area contributed by atoms with E-state index in [9.17, 15) is 19.5 Å². The summed E-state index contributed by atoms with van der Waals surface area (Å²) in [6.45, 7) is 5.12. The van der Waals surface area contributed by atoms with Crippen molar-refractivity contribution < 1.29 is 29.0 Å². The molecule has 110 valence electrons. The fraction of sp³-hybridized carbons (Fsp3) is 0.786. The van der Waals surface area contributed by atoms with Crippen LogP contribution in [0.4, 0.5) is 0 Å². The monoisotopic (exact) mass is 282 g/mol. The summed E-state index contributed by atoms with van der Waals surface area (Å²) in [4.78, 5) is 35.6. The molecule has 2 aliphatic carbocycles. The molecule has 0 aromatic rings. The molecule has 2 saturated carbocycles. The normalized spacial score (nSPS) is 41.6. The number of hydrogen-bond donors (Lipinski definition) is 1. The molecule has 2 bridgehead atoms. The van der Waals surface area contributed by atoms with Crippen LogP contribution in [0.25, 0.3) is 0 Å². The predicted octanol–water partition coefficient (Wildman–Crippen LogP) is 0.980. The van der Waals surface area contributed by atoms with Gasteiger partial charge in [-0.15, -0.1) is 0 Å². The number of rotatable bonds is 2. The van der Waals surface area contributed by atoms with Crippen LogP contribution in [-0.4, -0.2) is 34.7 Å². The van der Waals surface area contributed by atoms with Crippen molar-refractivity contribution in [1.82, 2.24) is 0 Å². The molecular formula is C14H18O6. The number of carbonyl (C=O) groups is 3. The largest absolute Gasteiger partial charge is 0.478 e. The molecule has 0 amide bonds. The average Bonchev–Trinajstić information content (AvgIpc) is 2.90. The number of carbonyl (C=O) groups excluding carboxylic acids is 2. The van der Waals surface area contributed by atoms with Crippen molar-refractivity contribution in [2.75, 3.05) is 0 Å². The van der Waals surface area contributed by atoms with Gasteiger partial charge in [0.1, 0.15) is 0 Å². The minimum Gasteiger partial charge on any atom is -0.478 e. The van der Waals surface area contributed by atoms with E-state index in [0.717, 1.165) is 0 Å². The Labute approximate surface area is 116 Å². The lowest BCUT2D eigenvalue weighted by Crippen LogP contribution is -2.55. The molecule has 20 heavy (non-hydrogen) atoms. The van der Waals surface area contributed by atoms with Crippen molar-refractivity contribution in [2.24, 2.45) is 23.2 Å². The van der Waals surface area contributed by atoms with E-state index in [1.165, 1.54) is 0 Å². The molecule has 3 fully saturated rings. The molecule has 6 heteroatoms. The number of carboxylic acid groups (broad SMARTS) is 1. The SMILES string of the molecule is CC(C)(C)C(=O)OC1C2CC3C(=O)OC1(C(=O)O)C3C2. The maximum absolute atomic E-state index is 12.1. The number of carboxylic acids is 1. The second-order valence-electron chi connectivity index (χ2n) is 7.04. The van der Waals surface area contributed by atoms with Gasteiger partial charge in [0.05, 0.1) is 11.3 Å². The number of hydrogen-bond acceptors (Lipinski definition) is 5. The minimum atomic E-state index is -1.66. The zero-order valence-electron chi connectivity index (χ0n) is 11.7. The van der Waals surface area contributed by atoms with E-state index >= 15 is 0 Å². The first-order chi connectivity index (χ1) is 9.18. The van der Waals surface area contributed by atoms with Crippen LogP contribution in [0.15, 0.2) is 0 Å². The molecule has 0 spiro atoms. The summed E-state index contributed by atoms with van der Waals surface area (Å²) >= 11 is 0. The average molecular weight is 282 g/mol. The van der Waals surface area contributed by atoms with Gasteiger partial charge in [-0.2, -0.15) is 0 Å². The molecule has 0 radical (unpaired) electrons. The highest BCUT2D eigenvalue weighted by molar-refractivity contribution is 5.90. The smallest absolute Gasteiger partial charge is 0.352 e. The number of fused-ring (bicyclic) bond motifs is 1. The Morgan fingerprint density at radius 2 is 2.00 bits per heavy atom. The molecule has 3 rings (SSSR count). The Balaban J connectivity index is 1.94. The summed E-state index contributed by atoms with van der Waals surface area (Å²) in [7, 11) is 0. The van der Waals surface area contributed by atoms with Crippen LogP contribution in [0.3, 0.4) is 0 Å². The molecule has 1 N–H and O–H groups in total. The Kier molecular flexibility index (Phi) is 2.50. The molecule has 3 aliphatic rings. The van der Waals surface area contributed by atoms with Gasteiger partial charge in [-0.3, -0.25) is 9.59 Å². The first kappa shape index (κ1) is 13.4. The van der Waals surface area contributed by atoms with Gasteiger partial charge < -0.3 is 14.6 Å². The van der Waals surface area contributed by atoms with Crippen molar-refractivity contribution >= 4 is 17.9 Å². The van der Waals surface area contributed by atoms with Gasteiger partial charge in [0.25, 0.3) is 0 Å². The minimum absolute atomic E-state index is 0.0983. The van der Waals surface area contributed by atoms with E-state index in [0.29, 0.717) is 12.8 Å². The van der Waals surface area contributed by atoms with E-state index in [-0.39, 0.29) is 17.8 Å². The Morgan fingerprint density at radius 3 is 2.55 bits per heavy atom. The van der Waals surface area contributed by atoms with Crippen LogP contribution in [0, 0.1) is 23.2 Å². The van der Waals surface area contributed by atoms with E-state index in [1.807, 2.05) is 0 Å². The van der Waals surface area contributed by atoms with Gasteiger partial charge in [0.2, 0.25) is 5.60 Å². The van der Waals surface area contributed by atoms with Gasteiger partial charge >= 0.3 is 17.9 Å². The molecule has 1 saturated heterocycles. The molecule has 6 nitrogen and oxygen atoms in total. The summed E-state index contributed by atoms with van der Waals surface area (Å²) in [6, 6.07) is 0. The van der Waals surface area contributed by atoms with Crippen LogP contribution < -0.4 is 0 Å². The van der Waals surface area contributed by atoms with Gasteiger partial charge in [-0.05, 0) is 33.6 Å². The van der Waals surface area contributed by atoms with Crippen molar-refractivity contribution in [3.63, 3.8) is 0 Å². The molecule has 0 aromatic carbocycles. The van der Waals surface area contributed by atoms with Crippen molar-refractivity contribution in [1.29, 1.82) is 0 Å². The fourth-order valence-corrected chi connectivity index (χ4v) is 3.80. The lowest BCUT2D eigenvalue weighted by molar-refractivity contribution is -0.195. The maximum Gasteiger partial charge on any atom is 0.352 e. The number of aliphatic carboxylic acids is 1. The Bertz CT molecular complexity index is 504. The third-order valence-corrected chi connectivity index (χ3v) is 4.75. The van der Waals surface area contributed by atoms with Crippen molar-refractivity contribution in [3.05, 3.63) is 0 Å². The molecule has 1 heterocycles. The quantitative estimate of drug-likeness (QED) is 0.759. The molecule has 0 aromatic heterocycles. The van der Waals surface area contributed by atoms with Crippen molar-refractivity contribution in [3.8, 4) is 0 Å². The lowest BCUT2D eigenvalue weighted by Gasteiger charge is -2.35. The van der Waals surface area contributed by atoms with Crippen LogP contribution in [0.2, 0.25) is 0 Å². The third kappa shape index (κ3) is 1.47. The van der Waals surface area contributed by atoms with Gasteiger partial charge in [0, 0.05) is 11.8 Å². The summed E-state index contributed by atoms with van der Waals surface area (Å²) in [5.41, 5.74) is -2.38. The van der Waals surface area contributed by atoms with Crippen LogP contribution >= 0.6 is 0 Å². The molecular weight excluding hydrogens is 264 g/mol. The highest BCUT2D eigenvalue weighted by Gasteiger charge is 2.76. The summed E-state index contributed by atoms with van der Waals surface area (Å²) in [5, 5.41) is 9.55. The highest BCUT2D eigenvalue weighted by atomic mass is 16.6. The second-order valence-corrected chi connectivity index (χ2v) is 7.04. The molecule has 1 aliphatic heterocycles. The predicted molar refractivity (Wildman–Crippen MR) is 65.5 cm³/mol. The lowest BCUT2D eigenvalue weighted by atomic mass is 9.78. The van der Waals surface area contributed by atoms with E-state index in [1.54, 1.807) is 20.8 Å². The topological polar surface area (TPSA) is 89.9 Å². The van der Waals surface area contributed by atoms with E-state index in [4.69, 9.17) is 9.47 Å². The Morgan fingerprint density at radius 1 is 1.35 bits per heavy atom. The Hall–Kier alpha value is -1.59. The number of esters is 2. The van der Waals surface area contributed by atoms with Crippen LogP contribution in [0.1, 0.15) is 33.6 Å². The van der Waals surface area contributed by atoms with Gasteiger partial charge in [-0.25, -0.2) is 4.79 Å². The second kappa shape index (κ2) is 3.74. The zero-order chi connectivity index (χ0) is 14.9. The van der Waals surface area contributed by atoms with E-state index in [2.05, 4.69) is 0 Å². The zero-order valence-corrected chi connectivity index (χ0v) is 11.7. The van der Waals surface area contributed by atoms with E-state index < -0.39 is 35.0 Å². The highest BCUT2D eigenvalue weighted by Crippen LogP contribution is 2.61. The fourth-order valence-electron chi connectivity index (χ4n) is 3.80. The first-order valence-corrected chi connectivity index (χ1v) is 6.85. The van der Waals surface area contributed by atoms with Crippen molar-refractivity contribution in [2.45, 2.75) is 45.3 Å².